The summed E-state index contributed by atoms with van der Waals surface area (Å²) in [5.41, 5.74) is 0. The fourth-order valence-electron chi connectivity index (χ4n) is 3.64. The van der Waals surface area contributed by atoms with Gasteiger partial charge in [0.1, 0.15) is 4.21 Å². The zero-order valence-corrected chi connectivity index (χ0v) is 15.2. The molecule has 3 unspecified atom stereocenters. The molecule has 112 valence electrons. The summed E-state index contributed by atoms with van der Waals surface area (Å²) in [4.78, 5) is 0. The van der Waals surface area contributed by atoms with Gasteiger partial charge in [0.25, 0.3) is 10.0 Å². The van der Waals surface area contributed by atoms with Crippen molar-refractivity contribution in [3.8, 4) is 0 Å². The molecule has 3 nitrogen and oxygen atoms in total. The van der Waals surface area contributed by atoms with Crippen molar-refractivity contribution in [1.29, 1.82) is 0 Å². The van der Waals surface area contributed by atoms with Crippen molar-refractivity contribution in [3.05, 3.63) is 14.9 Å². The van der Waals surface area contributed by atoms with Gasteiger partial charge in [0.05, 0.1) is 8.81 Å². The minimum atomic E-state index is -3.41. The summed E-state index contributed by atoms with van der Waals surface area (Å²) < 4.78 is 27.6. The van der Waals surface area contributed by atoms with Crippen LogP contribution in [0.4, 0.5) is 0 Å². The highest BCUT2D eigenvalue weighted by Gasteiger charge is 2.41. The lowest BCUT2D eigenvalue weighted by atomic mass is 9.89. The molecule has 0 saturated heterocycles. The van der Waals surface area contributed by atoms with Crippen molar-refractivity contribution >= 4 is 48.9 Å². The van der Waals surface area contributed by atoms with Gasteiger partial charge in [0, 0.05) is 13.6 Å². The lowest BCUT2D eigenvalue weighted by Crippen LogP contribution is -2.33. The molecule has 7 heteroatoms. The van der Waals surface area contributed by atoms with Gasteiger partial charge in [-0.1, -0.05) is 18.0 Å². The number of halogens is 2. The maximum Gasteiger partial charge on any atom is 0.252 e. The molecule has 0 spiro atoms. The summed E-state index contributed by atoms with van der Waals surface area (Å²) in [6, 6.07) is 1.53. The Bertz CT molecular complexity index is 596. The molecule has 20 heavy (non-hydrogen) atoms. The molecule has 2 fully saturated rings. The fourth-order valence-corrected chi connectivity index (χ4v) is 7.47. The number of rotatable bonds is 4. The molecule has 0 aliphatic heterocycles. The Labute approximate surface area is 137 Å². The largest absolute Gasteiger partial charge is 0.252 e. The van der Waals surface area contributed by atoms with Crippen LogP contribution in [0.2, 0.25) is 5.02 Å². The Morgan fingerprint density at radius 2 is 2.20 bits per heavy atom. The SMILES string of the molecule is CN(CC1CC2CCC1C2)S(=O)(=O)c1cc(Cl)c(Br)s1. The molecular weight excluding hydrogens is 382 g/mol. The maximum absolute atomic E-state index is 12.5. The molecule has 0 radical (unpaired) electrons. The summed E-state index contributed by atoms with van der Waals surface area (Å²) >= 11 is 10.4. The molecule has 3 rings (SSSR count). The number of sulfonamides is 1. The van der Waals surface area contributed by atoms with Crippen LogP contribution >= 0.6 is 38.9 Å². The van der Waals surface area contributed by atoms with Crippen LogP contribution in [0.1, 0.15) is 25.7 Å². The van der Waals surface area contributed by atoms with Gasteiger partial charge in [-0.15, -0.1) is 11.3 Å². The summed E-state index contributed by atoms with van der Waals surface area (Å²) in [6.07, 6.45) is 5.11. The predicted octanol–water partition coefficient (Wildman–Crippen LogP) is 4.22. The molecule has 1 aromatic rings. The monoisotopic (exact) mass is 397 g/mol. The molecule has 0 aromatic carbocycles. The van der Waals surface area contributed by atoms with E-state index in [-0.39, 0.29) is 0 Å². The highest BCUT2D eigenvalue weighted by atomic mass is 79.9. The van der Waals surface area contributed by atoms with Crippen LogP contribution in [0.15, 0.2) is 14.1 Å². The molecule has 1 aromatic heterocycles. The third kappa shape index (κ3) is 2.70. The van der Waals surface area contributed by atoms with Crippen LogP contribution in [-0.4, -0.2) is 26.3 Å². The van der Waals surface area contributed by atoms with Gasteiger partial charge < -0.3 is 0 Å². The number of thiophene rings is 1. The molecule has 0 amide bonds. The summed E-state index contributed by atoms with van der Waals surface area (Å²) in [5.74, 6) is 2.11. The zero-order chi connectivity index (χ0) is 14.5. The van der Waals surface area contributed by atoms with E-state index < -0.39 is 10.0 Å². The van der Waals surface area contributed by atoms with Crippen LogP contribution in [0.3, 0.4) is 0 Å². The molecule has 0 N–H and O–H groups in total. The van der Waals surface area contributed by atoms with Crippen LogP contribution in [0.5, 0.6) is 0 Å². The average Bonchev–Trinajstić information content (AvgIpc) is 3.06. The molecule has 2 aliphatic rings. The van der Waals surface area contributed by atoms with E-state index in [1.165, 1.54) is 47.4 Å². The minimum absolute atomic E-state index is 0.319. The van der Waals surface area contributed by atoms with E-state index in [2.05, 4.69) is 15.9 Å². The predicted molar refractivity (Wildman–Crippen MR) is 85.8 cm³/mol. The van der Waals surface area contributed by atoms with E-state index in [0.717, 1.165) is 11.8 Å². The van der Waals surface area contributed by atoms with Gasteiger partial charge in [-0.05, 0) is 59.0 Å². The first-order valence-electron chi connectivity index (χ1n) is 6.79. The summed E-state index contributed by atoms with van der Waals surface area (Å²) in [7, 11) is -1.72. The van der Waals surface area contributed by atoms with Gasteiger partial charge in [-0.25, -0.2) is 8.42 Å². The Hall–Kier alpha value is 0.380. The quantitative estimate of drug-likeness (QED) is 0.761. The van der Waals surface area contributed by atoms with Gasteiger partial charge in [0.2, 0.25) is 0 Å². The normalized spacial score (nSPS) is 29.5. The van der Waals surface area contributed by atoms with Gasteiger partial charge >= 0.3 is 0 Å². The van der Waals surface area contributed by atoms with Crippen LogP contribution in [0, 0.1) is 17.8 Å². The van der Waals surface area contributed by atoms with E-state index in [9.17, 15) is 8.42 Å². The molecule has 1 heterocycles. The third-order valence-electron chi connectivity index (χ3n) is 4.66. The van der Waals surface area contributed by atoms with E-state index in [1.807, 2.05) is 0 Å². The first kappa shape index (κ1) is 15.3. The van der Waals surface area contributed by atoms with Crippen molar-refractivity contribution < 1.29 is 8.42 Å². The topological polar surface area (TPSA) is 37.4 Å². The second-order valence-electron chi connectivity index (χ2n) is 5.91. The highest BCUT2D eigenvalue weighted by molar-refractivity contribution is 9.11. The Balaban J connectivity index is 1.74. The van der Waals surface area contributed by atoms with Crippen molar-refractivity contribution in [2.24, 2.45) is 17.8 Å². The number of nitrogens with zero attached hydrogens (tertiary/aromatic N) is 1. The van der Waals surface area contributed by atoms with Gasteiger partial charge in [-0.3, -0.25) is 0 Å². The van der Waals surface area contributed by atoms with Gasteiger partial charge in [-0.2, -0.15) is 4.31 Å². The molecule has 3 atom stereocenters. The number of hydrogen-bond acceptors (Lipinski definition) is 3. The molecule has 2 aliphatic carbocycles. The Kier molecular flexibility index (Phi) is 4.23. The lowest BCUT2D eigenvalue weighted by Gasteiger charge is -2.26. The Morgan fingerprint density at radius 3 is 2.70 bits per heavy atom. The van der Waals surface area contributed by atoms with Crippen LogP contribution < -0.4 is 0 Å². The maximum atomic E-state index is 12.5. The zero-order valence-electron chi connectivity index (χ0n) is 11.2. The van der Waals surface area contributed by atoms with Crippen LogP contribution in [0.25, 0.3) is 0 Å². The van der Waals surface area contributed by atoms with Crippen molar-refractivity contribution in [3.63, 3.8) is 0 Å². The van der Waals surface area contributed by atoms with E-state index in [1.54, 1.807) is 7.05 Å². The second kappa shape index (κ2) is 5.54. The second-order valence-corrected chi connectivity index (χ2v) is 11.0. The molecule has 2 saturated carbocycles. The Morgan fingerprint density at radius 1 is 1.45 bits per heavy atom. The van der Waals surface area contributed by atoms with Crippen molar-refractivity contribution in [2.75, 3.05) is 13.6 Å². The summed E-state index contributed by atoms with van der Waals surface area (Å²) in [6.45, 7) is 0.636. The fraction of sp³-hybridized carbons (Fsp3) is 0.692. The number of hydrogen-bond donors (Lipinski definition) is 0. The van der Waals surface area contributed by atoms with Gasteiger partial charge in [0.15, 0.2) is 0 Å². The lowest BCUT2D eigenvalue weighted by molar-refractivity contribution is 0.280. The third-order valence-corrected chi connectivity index (χ3v) is 9.41. The van der Waals surface area contributed by atoms with Crippen LogP contribution in [-0.2, 0) is 10.0 Å². The van der Waals surface area contributed by atoms with E-state index in [0.29, 0.717) is 25.5 Å². The van der Waals surface area contributed by atoms with E-state index in [4.69, 9.17) is 11.6 Å². The molecule has 2 bridgehead atoms. The first-order chi connectivity index (χ1) is 9.38. The minimum Gasteiger partial charge on any atom is -0.206 e. The highest BCUT2D eigenvalue weighted by Crippen LogP contribution is 2.48. The van der Waals surface area contributed by atoms with Crippen molar-refractivity contribution in [2.45, 2.75) is 29.9 Å². The summed E-state index contributed by atoms with van der Waals surface area (Å²) in [5, 5.41) is 0.460. The smallest absolute Gasteiger partial charge is 0.206 e. The average molecular weight is 399 g/mol. The van der Waals surface area contributed by atoms with Crippen molar-refractivity contribution in [1.82, 2.24) is 4.31 Å². The van der Waals surface area contributed by atoms with E-state index >= 15 is 0 Å². The molecular formula is C13H17BrClNO2S2. The standard InChI is InChI=1S/C13H17BrClNO2S2/c1-16(7-10-5-8-2-3-9(10)4-8)20(17,18)12-6-11(15)13(14)19-12/h6,8-10H,2-5,7H2,1H3. The first-order valence-corrected chi connectivity index (χ1v) is 10.2. The number of fused-ring (bicyclic) bond motifs is 2.